The average molecular weight is 187 g/mol. The minimum absolute atomic E-state index is 0.655. The summed E-state index contributed by atoms with van der Waals surface area (Å²) in [5, 5.41) is 2.57. The van der Waals surface area contributed by atoms with Gasteiger partial charge in [0.15, 0.2) is 0 Å². The Morgan fingerprint density at radius 2 is 2.07 bits per heavy atom. The summed E-state index contributed by atoms with van der Waals surface area (Å²) in [7, 11) is 0. The van der Waals surface area contributed by atoms with Gasteiger partial charge in [0.25, 0.3) is 0 Å². The molecular weight excluding hydrogens is 178 g/mol. The molecule has 1 amide bonds. The topological polar surface area (TPSA) is 57.8 Å². The van der Waals surface area contributed by atoms with Crippen molar-refractivity contribution < 1.29 is 4.79 Å². The van der Waals surface area contributed by atoms with Crippen molar-refractivity contribution in [3.05, 3.63) is 36.7 Å². The Balaban J connectivity index is 2.26. The number of hydrogen-bond acceptors (Lipinski definition) is 2. The molecule has 0 aliphatic heterocycles. The van der Waals surface area contributed by atoms with Gasteiger partial charge in [-0.15, -0.1) is 0 Å². The Hall–Kier alpha value is -2.10. The van der Waals surface area contributed by atoms with Gasteiger partial charge < -0.3 is 10.3 Å². The molecule has 0 bridgehead atoms. The molecule has 0 spiro atoms. The molecule has 0 saturated heterocycles. The van der Waals surface area contributed by atoms with Crippen molar-refractivity contribution in [3.8, 4) is 11.4 Å². The summed E-state index contributed by atoms with van der Waals surface area (Å²) in [5.74, 6) is 0.822. The number of rotatable bonds is 3. The quantitative estimate of drug-likeness (QED) is 0.718. The molecule has 1 aromatic carbocycles. The SMILES string of the molecule is O=CNc1ccc(-c2ncc[nH]2)cc1. The number of hydrogen-bond donors (Lipinski definition) is 2. The number of aromatic amines is 1. The van der Waals surface area contributed by atoms with E-state index < -0.39 is 0 Å². The van der Waals surface area contributed by atoms with E-state index in [1.54, 1.807) is 12.4 Å². The molecule has 2 N–H and O–H groups in total. The smallest absolute Gasteiger partial charge is 0.211 e. The molecule has 0 aliphatic carbocycles. The van der Waals surface area contributed by atoms with E-state index >= 15 is 0 Å². The number of carbonyl (C=O) groups is 1. The van der Waals surface area contributed by atoms with Crippen LogP contribution < -0.4 is 5.32 Å². The summed E-state index contributed by atoms with van der Waals surface area (Å²) >= 11 is 0. The van der Waals surface area contributed by atoms with Crippen LogP contribution in [0.25, 0.3) is 11.4 Å². The highest BCUT2D eigenvalue weighted by Crippen LogP contribution is 2.16. The van der Waals surface area contributed by atoms with Crippen LogP contribution in [0.2, 0.25) is 0 Å². The number of aromatic nitrogens is 2. The van der Waals surface area contributed by atoms with Gasteiger partial charge in [-0.1, -0.05) is 0 Å². The van der Waals surface area contributed by atoms with Crippen molar-refractivity contribution in [2.24, 2.45) is 0 Å². The lowest BCUT2D eigenvalue weighted by Crippen LogP contribution is -1.92. The fourth-order valence-corrected chi connectivity index (χ4v) is 1.22. The predicted molar refractivity (Wildman–Crippen MR) is 53.7 cm³/mol. The molecule has 2 aromatic rings. The zero-order valence-corrected chi connectivity index (χ0v) is 7.40. The Labute approximate surface area is 81.0 Å². The molecule has 1 heterocycles. The summed E-state index contributed by atoms with van der Waals surface area (Å²) in [4.78, 5) is 17.3. The largest absolute Gasteiger partial charge is 0.345 e. The molecule has 0 radical (unpaired) electrons. The maximum absolute atomic E-state index is 10.2. The van der Waals surface area contributed by atoms with Crippen LogP contribution in [-0.2, 0) is 4.79 Å². The zero-order valence-electron chi connectivity index (χ0n) is 7.40. The van der Waals surface area contributed by atoms with Gasteiger partial charge in [-0.2, -0.15) is 0 Å². The minimum Gasteiger partial charge on any atom is -0.345 e. The molecule has 70 valence electrons. The first kappa shape index (κ1) is 8.50. The summed E-state index contributed by atoms with van der Waals surface area (Å²) in [6.07, 6.45) is 4.13. The molecule has 0 fully saturated rings. The van der Waals surface area contributed by atoms with Crippen LogP contribution in [0, 0.1) is 0 Å². The highest BCUT2D eigenvalue weighted by atomic mass is 16.1. The van der Waals surface area contributed by atoms with Crippen LogP contribution >= 0.6 is 0 Å². The van der Waals surface area contributed by atoms with E-state index in [0.717, 1.165) is 17.1 Å². The Bertz CT molecular complexity index is 405. The van der Waals surface area contributed by atoms with Crippen LogP contribution in [0.4, 0.5) is 5.69 Å². The third-order valence-corrected chi connectivity index (χ3v) is 1.88. The van der Waals surface area contributed by atoms with Crippen molar-refractivity contribution >= 4 is 12.1 Å². The minimum atomic E-state index is 0.655. The number of nitrogens with one attached hydrogen (secondary N) is 2. The number of carbonyl (C=O) groups excluding carboxylic acids is 1. The fourth-order valence-electron chi connectivity index (χ4n) is 1.22. The van der Waals surface area contributed by atoms with Gasteiger partial charge in [0.05, 0.1) is 0 Å². The first-order valence-electron chi connectivity index (χ1n) is 4.20. The molecule has 0 atom stereocenters. The van der Waals surface area contributed by atoms with Crippen LogP contribution in [0.5, 0.6) is 0 Å². The number of nitrogens with zero attached hydrogens (tertiary/aromatic N) is 1. The van der Waals surface area contributed by atoms with Gasteiger partial charge >= 0.3 is 0 Å². The second kappa shape index (κ2) is 3.74. The summed E-state index contributed by atoms with van der Waals surface area (Å²) in [6, 6.07) is 7.44. The van der Waals surface area contributed by atoms with Crippen molar-refractivity contribution in [3.63, 3.8) is 0 Å². The molecule has 1 aromatic heterocycles. The van der Waals surface area contributed by atoms with Crippen LogP contribution in [0.1, 0.15) is 0 Å². The third-order valence-electron chi connectivity index (χ3n) is 1.88. The molecular formula is C10H9N3O. The van der Waals surface area contributed by atoms with E-state index in [1.807, 2.05) is 24.3 Å². The van der Waals surface area contributed by atoms with E-state index in [9.17, 15) is 4.79 Å². The van der Waals surface area contributed by atoms with Crippen molar-refractivity contribution in [1.29, 1.82) is 0 Å². The van der Waals surface area contributed by atoms with Crippen molar-refractivity contribution in [1.82, 2.24) is 9.97 Å². The van der Waals surface area contributed by atoms with Gasteiger partial charge in [0, 0.05) is 23.6 Å². The van der Waals surface area contributed by atoms with E-state index in [4.69, 9.17) is 0 Å². The molecule has 0 saturated carbocycles. The standard InChI is InChI=1S/C10H9N3O/c14-7-13-9-3-1-8(2-4-9)10-11-5-6-12-10/h1-7H,(H,11,12)(H,13,14). The molecule has 2 rings (SSSR count). The molecule has 14 heavy (non-hydrogen) atoms. The fraction of sp³-hybridized carbons (Fsp3) is 0. The number of benzene rings is 1. The van der Waals surface area contributed by atoms with Crippen LogP contribution in [0.3, 0.4) is 0 Å². The predicted octanol–water partition coefficient (Wildman–Crippen LogP) is 1.64. The first-order chi connectivity index (χ1) is 6.90. The van der Waals surface area contributed by atoms with E-state index in [1.165, 1.54) is 0 Å². The number of anilines is 1. The first-order valence-corrected chi connectivity index (χ1v) is 4.20. The highest BCUT2D eigenvalue weighted by Gasteiger charge is 1.98. The lowest BCUT2D eigenvalue weighted by Gasteiger charge is -1.99. The van der Waals surface area contributed by atoms with E-state index in [2.05, 4.69) is 15.3 Å². The summed E-state index contributed by atoms with van der Waals surface area (Å²) in [5.41, 5.74) is 1.77. The second-order valence-electron chi connectivity index (χ2n) is 2.78. The third kappa shape index (κ3) is 1.64. The van der Waals surface area contributed by atoms with Crippen molar-refractivity contribution in [2.75, 3.05) is 5.32 Å². The molecule has 0 unspecified atom stereocenters. The number of imidazole rings is 1. The van der Waals surface area contributed by atoms with Gasteiger partial charge in [0.2, 0.25) is 6.41 Å². The molecule has 4 nitrogen and oxygen atoms in total. The highest BCUT2D eigenvalue weighted by molar-refractivity contribution is 5.72. The monoisotopic (exact) mass is 187 g/mol. The average Bonchev–Trinajstić information content (AvgIpc) is 2.72. The van der Waals surface area contributed by atoms with Gasteiger partial charge in [-0.05, 0) is 24.3 Å². The van der Waals surface area contributed by atoms with Crippen LogP contribution in [-0.4, -0.2) is 16.4 Å². The summed E-state index contributed by atoms with van der Waals surface area (Å²) < 4.78 is 0. The number of amides is 1. The van der Waals surface area contributed by atoms with Gasteiger partial charge in [-0.3, -0.25) is 4.79 Å². The van der Waals surface area contributed by atoms with E-state index in [0.29, 0.717) is 6.41 Å². The zero-order chi connectivity index (χ0) is 9.80. The Kier molecular flexibility index (Phi) is 2.27. The van der Waals surface area contributed by atoms with Crippen LogP contribution in [0.15, 0.2) is 36.7 Å². The normalized spacial score (nSPS) is 9.71. The maximum atomic E-state index is 10.2. The second-order valence-corrected chi connectivity index (χ2v) is 2.78. The van der Waals surface area contributed by atoms with Crippen molar-refractivity contribution in [2.45, 2.75) is 0 Å². The van der Waals surface area contributed by atoms with E-state index in [-0.39, 0.29) is 0 Å². The number of H-pyrrole nitrogens is 1. The maximum Gasteiger partial charge on any atom is 0.211 e. The Morgan fingerprint density at radius 1 is 1.29 bits per heavy atom. The van der Waals surface area contributed by atoms with Gasteiger partial charge in [-0.25, -0.2) is 4.98 Å². The lowest BCUT2D eigenvalue weighted by molar-refractivity contribution is -0.105. The summed E-state index contributed by atoms with van der Waals surface area (Å²) in [6.45, 7) is 0. The Morgan fingerprint density at radius 3 is 2.64 bits per heavy atom. The molecule has 4 heteroatoms. The molecule has 0 aliphatic rings. The van der Waals surface area contributed by atoms with Gasteiger partial charge in [0.1, 0.15) is 5.82 Å². The lowest BCUT2D eigenvalue weighted by atomic mass is 10.2.